The van der Waals surface area contributed by atoms with Crippen LogP contribution in [-0.2, 0) is 6.54 Å². The highest BCUT2D eigenvalue weighted by molar-refractivity contribution is 5.50. The third kappa shape index (κ3) is 3.73. The maximum absolute atomic E-state index is 6.48. The van der Waals surface area contributed by atoms with Crippen LogP contribution in [0.15, 0.2) is 30.3 Å². The Hall–Kier alpha value is -2.14. The van der Waals surface area contributed by atoms with Crippen LogP contribution in [0.3, 0.4) is 0 Å². The number of anilines is 2. The Morgan fingerprint density at radius 1 is 0.828 bits per heavy atom. The molecular weight excluding hydrogens is 358 g/mol. The molecule has 0 spiro atoms. The van der Waals surface area contributed by atoms with E-state index in [1.54, 1.807) is 0 Å². The quantitative estimate of drug-likeness (QED) is 0.796. The number of rotatable bonds is 4. The highest BCUT2D eigenvalue weighted by Gasteiger charge is 2.42. The van der Waals surface area contributed by atoms with Gasteiger partial charge in [0.05, 0.1) is 5.69 Å². The van der Waals surface area contributed by atoms with Gasteiger partial charge in [0.1, 0.15) is 5.82 Å². The molecule has 1 aliphatic carbocycles. The van der Waals surface area contributed by atoms with E-state index in [1.807, 2.05) is 0 Å². The number of benzene rings is 1. The molecule has 3 fully saturated rings. The Bertz CT molecular complexity index is 832. The van der Waals surface area contributed by atoms with Gasteiger partial charge in [-0.2, -0.15) is 4.98 Å². The number of nitrogens with two attached hydrogens (primary N) is 2. The Morgan fingerprint density at radius 2 is 1.52 bits per heavy atom. The summed E-state index contributed by atoms with van der Waals surface area (Å²) < 4.78 is 0. The standard InChI is InChI=1S/C24H33N5/c25-23-21(22(27-24(26)28-23)17-9-5-2-6-10-17)18-13-19-11-12-20(14-18)29(19)15-16-7-3-1-4-8-16/h1,3-4,7-8,17-20H,2,5-6,9-15H2,(H4,25,26,27,28). The van der Waals surface area contributed by atoms with Crippen LogP contribution in [0.25, 0.3) is 0 Å². The van der Waals surface area contributed by atoms with E-state index in [2.05, 4.69) is 40.2 Å². The monoisotopic (exact) mass is 391 g/mol. The van der Waals surface area contributed by atoms with Crippen LogP contribution in [0, 0.1) is 0 Å². The molecule has 2 aliphatic heterocycles. The van der Waals surface area contributed by atoms with Gasteiger partial charge in [-0.05, 0) is 50.0 Å². The van der Waals surface area contributed by atoms with Gasteiger partial charge in [-0.1, -0.05) is 49.6 Å². The van der Waals surface area contributed by atoms with Gasteiger partial charge in [-0.3, -0.25) is 4.90 Å². The van der Waals surface area contributed by atoms with E-state index in [0.717, 1.165) is 6.54 Å². The lowest BCUT2D eigenvalue weighted by atomic mass is 9.78. The molecule has 0 amide bonds. The molecule has 4 N–H and O–H groups in total. The van der Waals surface area contributed by atoms with Crippen LogP contribution < -0.4 is 11.5 Å². The minimum Gasteiger partial charge on any atom is -0.383 e. The Morgan fingerprint density at radius 3 is 2.21 bits per heavy atom. The predicted octanol–water partition coefficient (Wildman–Crippen LogP) is 4.60. The fraction of sp³-hybridized carbons (Fsp3) is 0.583. The van der Waals surface area contributed by atoms with Crippen LogP contribution in [0.4, 0.5) is 11.8 Å². The van der Waals surface area contributed by atoms with Gasteiger partial charge < -0.3 is 11.5 Å². The minimum atomic E-state index is 0.344. The molecule has 2 saturated heterocycles. The first-order chi connectivity index (χ1) is 14.2. The van der Waals surface area contributed by atoms with Gasteiger partial charge in [0.15, 0.2) is 0 Å². The molecule has 3 heterocycles. The van der Waals surface area contributed by atoms with E-state index in [0.29, 0.717) is 35.7 Å². The largest absolute Gasteiger partial charge is 0.383 e. The second-order valence-electron chi connectivity index (χ2n) is 9.31. The summed E-state index contributed by atoms with van der Waals surface area (Å²) in [7, 11) is 0. The van der Waals surface area contributed by atoms with Gasteiger partial charge in [-0.15, -0.1) is 0 Å². The molecule has 3 aliphatic rings. The third-order valence-corrected chi connectivity index (χ3v) is 7.51. The lowest BCUT2D eigenvalue weighted by molar-refractivity contribution is 0.118. The zero-order valence-electron chi connectivity index (χ0n) is 17.3. The molecule has 0 radical (unpaired) electrons. The third-order valence-electron chi connectivity index (χ3n) is 7.51. The molecule has 2 atom stereocenters. The lowest BCUT2D eigenvalue weighted by Crippen LogP contribution is -2.42. The SMILES string of the molecule is Nc1nc(N)c(C2CC3CCC(C2)N3Cc2ccccc2)c(C2CCCCC2)n1. The highest BCUT2D eigenvalue weighted by atomic mass is 15.2. The van der Waals surface area contributed by atoms with E-state index in [4.69, 9.17) is 16.5 Å². The maximum Gasteiger partial charge on any atom is 0.222 e. The van der Waals surface area contributed by atoms with E-state index < -0.39 is 0 Å². The molecule has 5 nitrogen and oxygen atoms in total. The van der Waals surface area contributed by atoms with Crippen LogP contribution in [0.1, 0.15) is 86.4 Å². The van der Waals surface area contributed by atoms with Crippen molar-refractivity contribution in [3.05, 3.63) is 47.2 Å². The molecule has 154 valence electrons. The minimum absolute atomic E-state index is 0.344. The average molecular weight is 392 g/mol. The molecule has 1 saturated carbocycles. The van der Waals surface area contributed by atoms with Crippen LogP contribution in [-0.4, -0.2) is 27.0 Å². The number of fused-ring (bicyclic) bond motifs is 2. The van der Waals surface area contributed by atoms with Crippen LogP contribution in [0.5, 0.6) is 0 Å². The number of hydrogen-bond donors (Lipinski definition) is 2. The van der Waals surface area contributed by atoms with Gasteiger partial charge in [0.25, 0.3) is 0 Å². The smallest absolute Gasteiger partial charge is 0.222 e. The van der Waals surface area contributed by atoms with Crippen molar-refractivity contribution < 1.29 is 0 Å². The number of aromatic nitrogens is 2. The number of hydrogen-bond acceptors (Lipinski definition) is 5. The molecule has 2 unspecified atom stereocenters. The van der Waals surface area contributed by atoms with E-state index in [1.165, 1.54) is 74.6 Å². The van der Waals surface area contributed by atoms with Gasteiger partial charge in [0, 0.05) is 30.1 Å². The van der Waals surface area contributed by atoms with Crippen molar-refractivity contribution >= 4 is 11.8 Å². The Balaban J connectivity index is 1.40. The van der Waals surface area contributed by atoms with Crippen LogP contribution in [0.2, 0.25) is 0 Å². The molecule has 29 heavy (non-hydrogen) atoms. The summed E-state index contributed by atoms with van der Waals surface area (Å²) in [4.78, 5) is 11.9. The van der Waals surface area contributed by atoms with E-state index in [9.17, 15) is 0 Å². The first kappa shape index (κ1) is 18.9. The van der Waals surface area contributed by atoms with Crippen molar-refractivity contribution in [3.8, 4) is 0 Å². The maximum atomic E-state index is 6.48. The summed E-state index contributed by atoms with van der Waals surface area (Å²) in [6, 6.07) is 12.2. The fourth-order valence-corrected chi connectivity index (χ4v) is 6.19. The highest BCUT2D eigenvalue weighted by Crippen LogP contribution is 2.47. The Kier molecular flexibility index (Phi) is 5.17. The molecule has 1 aromatic carbocycles. The summed E-state index contributed by atoms with van der Waals surface area (Å²) in [6.45, 7) is 1.06. The number of piperidine rings is 1. The zero-order valence-corrected chi connectivity index (χ0v) is 17.3. The summed E-state index contributed by atoms with van der Waals surface area (Å²) in [5, 5.41) is 0. The molecule has 5 rings (SSSR count). The molecular formula is C24H33N5. The number of nitrogen functional groups attached to an aromatic ring is 2. The average Bonchev–Trinajstić information content (AvgIpc) is 2.96. The first-order valence-electron chi connectivity index (χ1n) is 11.4. The zero-order chi connectivity index (χ0) is 19.8. The van der Waals surface area contributed by atoms with Gasteiger partial charge >= 0.3 is 0 Å². The van der Waals surface area contributed by atoms with Crippen LogP contribution >= 0.6 is 0 Å². The van der Waals surface area contributed by atoms with Crippen molar-refractivity contribution in [3.63, 3.8) is 0 Å². The fourth-order valence-electron chi connectivity index (χ4n) is 6.19. The molecule has 2 bridgehead atoms. The summed E-state index contributed by atoms with van der Waals surface area (Å²) in [6.07, 6.45) is 11.3. The van der Waals surface area contributed by atoms with Crippen molar-refractivity contribution in [1.82, 2.24) is 14.9 Å². The second kappa shape index (κ2) is 7.94. The summed E-state index contributed by atoms with van der Waals surface area (Å²) in [5.41, 5.74) is 16.3. The summed E-state index contributed by atoms with van der Waals surface area (Å²) >= 11 is 0. The van der Waals surface area contributed by atoms with E-state index >= 15 is 0 Å². The Labute approximate surface area is 173 Å². The van der Waals surface area contributed by atoms with Crippen molar-refractivity contribution in [2.45, 2.75) is 88.3 Å². The van der Waals surface area contributed by atoms with E-state index in [-0.39, 0.29) is 0 Å². The van der Waals surface area contributed by atoms with Gasteiger partial charge in [0.2, 0.25) is 5.95 Å². The first-order valence-corrected chi connectivity index (χ1v) is 11.4. The molecule has 1 aromatic heterocycles. The molecule has 2 aromatic rings. The normalized spacial score (nSPS) is 27.9. The molecule has 5 heteroatoms. The lowest BCUT2D eigenvalue weighted by Gasteiger charge is -2.40. The second-order valence-corrected chi connectivity index (χ2v) is 9.31. The topological polar surface area (TPSA) is 81.1 Å². The van der Waals surface area contributed by atoms with Crippen molar-refractivity contribution in [2.24, 2.45) is 0 Å². The summed E-state index contributed by atoms with van der Waals surface area (Å²) in [5.74, 6) is 1.96. The van der Waals surface area contributed by atoms with Gasteiger partial charge in [-0.25, -0.2) is 4.98 Å². The predicted molar refractivity (Wildman–Crippen MR) is 117 cm³/mol. The van der Waals surface area contributed by atoms with Crippen molar-refractivity contribution in [1.29, 1.82) is 0 Å². The number of nitrogens with zero attached hydrogens (tertiary/aromatic N) is 3. The van der Waals surface area contributed by atoms with Crippen molar-refractivity contribution in [2.75, 3.05) is 11.5 Å².